The molecule has 0 spiro atoms. The summed E-state index contributed by atoms with van der Waals surface area (Å²) in [6.07, 6.45) is 1.61. The Morgan fingerprint density at radius 1 is 1.39 bits per heavy atom. The van der Waals surface area contributed by atoms with Crippen LogP contribution in [-0.2, 0) is 4.79 Å². The van der Waals surface area contributed by atoms with Crippen LogP contribution in [0.2, 0.25) is 0 Å². The number of hydrogen-bond acceptors (Lipinski definition) is 3. The van der Waals surface area contributed by atoms with Gasteiger partial charge in [0.15, 0.2) is 10.5 Å². The van der Waals surface area contributed by atoms with Gasteiger partial charge >= 0.3 is 0 Å². The molecule has 0 fully saturated rings. The first-order valence-electron chi connectivity index (χ1n) is 5.41. The lowest BCUT2D eigenvalue weighted by atomic mass is 10.1. The monoisotopic (exact) mass is 257 g/mol. The molecule has 0 radical (unpaired) electrons. The molecule has 0 aliphatic heterocycles. The van der Waals surface area contributed by atoms with Gasteiger partial charge < -0.3 is 4.98 Å². The summed E-state index contributed by atoms with van der Waals surface area (Å²) in [6, 6.07) is 6.91. The molecule has 1 N–H and O–H groups in total. The number of aromatic amines is 1. The van der Waals surface area contributed by atoms with Crippen LogP contribution in [0.15, 0.2) is 35.3 Å². The SMILES string of the molecule is CC(=O)SCC#Cc1cccc2c(=O)cc[nH]c12. The smallest absolute Gasteiger partial charge is 0.189 e. The number of aromatic nitrogens is 1. The predicted octanol–water partition coefficient (Wildman–Crippen LogP) is 2.16. The molecule has 0 saturated carbocycles. The van der Waals surface area contributed by atoms with Crippen LogP contribution >= 0.6 is 11.8 Å². The van der Waals surface area contributed by atoms with Crippen molar-refractivity contribution in [1.82, 2.24) is 4.98 Å². The molecular formula is C14H11NO2S. The van der Waals surface area contributed by atoms with Crippen LogP contribution in [0.25, 0.3) is 10.9 Å². The van der Waals surface area contributed by atoms with Crippen LogP contribution in [-0.4, -0.2) is 15.9 Å². The number of carbonyl (C=O) groups is 1. The molecule has 2 aromatic rings. The number of fused-ring (bicyclic) bond motifs is 1. The van der Waals surface area contributed by atoms with E-state index in [4.69, 9.17) is 0 Å². The molecule has 0 aliphatic rings. The quantitative estimate of drug-likeness (QED) is 0.796. The van der Waals surface area contributed by atoms with Crippen molar-refractivity contribution in [3.8, 4) is 11.8 Å². The van der Waals surface area contributed by atoms with Crippen LogP contribution < -0.4 is 5.43 Å². The largest absolute Gasteiger partial charge is 0.360 e. The molecule has 0 bridgehead atoms. The third-order valence-electron chi connectivity index (χ3n) is 2.36. The van der Waals surface area contributed by atoms with Crippen LogP contribution in [0, 0.1) is 11.8 Å². The first-order valence-corrected chi connectivity index (χ1v) is 6.39. The van der Waals surface area contributed by atoms with Crippen molar-refractivity contribution in [2.45, 2.75) is 6.92 Å². The summed E-state index contributed by atoms with van der Waals surface area (Å²) >= 11 is 1.17. The van der Waals surface area contributed by atoms with Crippen molar-refractivity contribution < 1.29 is 4.79 Å². The summed E-state index contributed by atoms with van der Waals surface area (Å²) in [5.74, 6) is 6.35. The Morgan fingerprint density at radius 2 is 2.22 bits per heavy atom. The molecule has 2 rings (SSSR count). The number of hydrogen-bond donors (Lipinski definition) is 1. The molecule has 0 aliphatic carbocycles. The van der Waals surface area contributed by atoms with E-state index in [2.05, 4.69) is 16.8 Å². The van der Waals surface area contributed by atoms with E-state index in [0.717, 1.165) is 11.1 Å². The van der Waals surface area contributed by atoms with E-state index in [1.807, 2.05) is 6.07 Å². The summed E-state index contributed by atoms with van der Waals surface area (Å²) < 4.78 is 0. The Kier molecular flexibility index (Phi) is 3.85. The number of para-hydroxylation sites is 1. The Hall–Kier alpha value is -1.99. The Morgan fingerprint density at radius 3 is 3.00 bits per heavy atom. The van der Waals surface area contributed by atoms with Gasteiger partial charge in [0.1, 0.15) is 0 Å². The summed E-state index contributed by atoms with van der Waals surface area (Å²) in [5, 5.41) is 0.680. The lowest BCUT2D eigenvalue weighted by molar-refractivity contribution is -0.109. The lowest BCUT2D eigenvalue weighted by Gasteiger charge is -1.98. The average molecular weight is 257 g/mol. The fourth-order valence-corrected chi connectivity index (χ4v) is 1.92. The number of rotatable bonds is 1. The van der Waals surface area contributed by atoms with Gasteiger partial charge in [0.25, 0.3) is 0 Å². The molecule has 3 nitrogen and oxygen atoms in total. The molecule has 4 heteroatoms. The predicted molar refractivity (Wildman–Crippen MR) is 74.6 cm³/mol. The second kappa shape index (κ2) is 5.56. The first-order chi connectivity index (χ1) is 8.68. The fourth-order valence-electron chi connectivity index (χ4n) is 1.58. The Labute approximate surface area is 109 Å². The summed E-state index contributed by atoms with van der Waals surface area (Å²) in [6.45, 7) is 1.52. The van der Waals surface area contributed by atoms with Crippen molar-refractivity contribution in [2.75, 3.05) is 5.75 Å². The molecule has 1 aromatic carbocycles. The van der Waals surface area contributed by atoms with Gasteiger partial charge in [-0.1, -0.05) is 29.7 Å². The molecule has 1 heterocycles. The van der Waals surface area contributed by atoms with Crippen molar-refractivity contribution in [2.24, 2.45) is 0 Å². The van der Waals surface area contributed by atoms with Gasteiger partial charge in [-0.15, -0.1) is 0 Å². The second-order valence-corrected chi connectivity index (χ2v) is 4.80. The highest BCUT2D eigenvalue weighted by Crippen LogP contribution is 2.11. The zero-order valence-electron chi connectivity index (χ0n) is 9.82. The van der Waals surface area contributed by atoms with Gasteiger partial charge in [-0.3, -0.25) is 9.59 Å². The van der Waals surface area contributed by atoms with Gasteiger partial charge in [-0.05, 0) is 12.1 Å². The number of pyridine rings is 1. The minimum absolute atomic E-state index is 0.0227. The van der Waals surface area contributed by atoms with Crippen LogP contribution in [0.5, 0.6) is 0 Å². The molecule has 0 unspecified atom stereocenters. The van der Waals surface area contributed by atoms with E-state index in [1.165, 1.54) is 24.8 Å². The lowest BCUT2D eigenvalue weighted by Crippen LogP contribution is -2.00. The van der Waals surface area contributed by atoms with E-state index >= 15 is 0 Å². The number of carbonyl (C=O) groups excluding carboxylic acids is 1. The highest BCUT2D eigenvalue weighted by atomic mass is 32.2. The van der Waals surface area contributed by atoms with E-state index in [9.17, 15) is 9.59 Å². The van der Waals surface area contributed by atoms with E-state index < -0.39 is 0 Å². The number of nitrogens with one attached hydrogen (secondary N) is 1. The van der Waals surface area contributed by atoms with Crippen LogP contribution in [0.4, 0.5) is 0 Å². The second-order valence-electron chi connectivity index (χ2n) is 3.65. The molecule has 0 amide bonds. The third-order valence-corrected chi connectivity index (χ3v) is 3.06. The topological polar surface area (TPSA) is 49.9 Å². The molecule has 1 aromatic heterocycles. The minimum atomic E-state index is -0.0227. The van der Waals surface area contributed by atoms with Crippen molar-refractivity contribution in [3.05, 3.63) is 46.2 Å². The highest BCUT2D eigenvalue weighted by molar-refractivity contribution is 8.13. The van der Waals surface area contributed by atoms with E-state index in [1.54, 1.807) is 18.3 Å². The van der Waals surface area contributed by atoms with Crippen LogP contribution in [0.3, 0.4) is 0 Å². The molecular weight excluding hydrogens is 246 g/mol. The number of H-pyrrole nitrogens is 1. The standard InChI is InChI=1S/C14H11NO2S/c1-10(16)18-9-3-5-11-4-2-6-12-13(17)7-8-15-14(11)12/h2,4,6-8H,9H2,1H3,(H,15,17). The van der Waals surface area contributed by atoms with Crippen molar-refractivity contribution in [1.29, 1.82) is 0 Å². The average Bonchev–Trinajstić information content (AvgIpc) is 2.35. The maximum Gasteiger partial charge on any atom is 0.189 e. The maximum atomic E-state index is 11.6. The Bertz CT molecular complexity index is 707. The van der Waals surface area contributed by atoms with Crippen LogP contribution in [0.1, 0.15) is 12.5 Å². The highest BCUT2D eigenvalue weighted by Gasteiger charge is 2.00. The first kappa shape index (κ1) is 12.5. The summed E-state index contributed by atoms with van der Waals surface area (Å²) in [7, 11) is 0. The van der Waals surface area contributed by atoms with Gasteiger partial charge in [0.05, 0.1) is 11.3 Å². The van der Waals surface area contributed by atoms with Gasteiger partial charge in [-0.2, -0.15) is 0 Å². The maximum absolute atomic E-state index is 11.6. The van der Waals surface area contributed by atoms with Gasteiger partial charge in [0.2, 0.25) is 0 Å². The normalized spacial score (nSPS) is 9.83. The molecule has 0 atom stereocenters. The molecule has 18 heavy (non-hydrogen) atoms. The number of thioether (sulfide) groups is 1. The van der Waals surface area contributed by atoms with Gasteiger partial charge in [0, 0.05) is 30.1 Å². The summed E-state index contributed by atoms with van der Waals surface area (Å²) in [5.41, 5.74) is 1.49. The zero-order chi connectivity index (χ0) is 13.0. The number of benzene rings is 1. The van der Waals surface area contributed by atoms with E-state index in [0.29, 0.717) is 11.1 Å². The fraction of sp³-hybridized carbons (Fsp3) is 0.143. The molecule has 90 valence electrons. The van der Waals surface area contributed by atoms with Crippen molar-refractivity contribution in [3.63, 3.8) is 0 Å². The van der Waals surface area contributed by atoms with Crippen molar-refractivity contribution >= 4 is 27.8 Å². The van der Waals surface area contributed by atoms with Gasteiger partial charge in [-0.25, -0.2) is 0 Å². The minimum Gasteiger partial charge on any atom is -0.360 e. The zero-order valence-corrected chi connectivity index (χ0v) is 10.6. The molecule has 0 saturated heterocycles. The Balaban J connectivity index is 2.37. The van der Waals surface area contributed by atoms with E-state index in [-0.39, 0.29) is 10.5 Å². The summed E-state index contributed by atoms with van der Waals surface area (Å²) in [4.78, 5) is 25.4. The third kappa shape index (κ3) is 2.82.